The van der Waals surface area contributed by atoms with E-state index in [0.717, 1.165) is 18.7 Å². The predicted octanol–water partition coefficient (Wildman–Crippen LogP) is 3.53. The maximum atomic E-state index is 13.0. The summed E-state index contributed by atoms with van der Waals surface area (Å²) in [5.41, 5.74) is 0.308. The van der Waals surface area contributed by atoms with Crippen molar-refractivity contribution in [2.75, 3.05) is 26.2 Å². The second-order valence-electron chi connectivity index (χ2n) is 7.37. The summed E-state index contributed by atoms with van der Waals surface area (Å²) in [7, 11) is 0. The van der Waals surface area contributed by atoms with Crippen molar-refractivity contribution in [2.45, 2.75) is 32.9 Å². The van der Waals surface area contributed by atoms with Gasteiger partial charge in [-0.15, -0.1) is 0 Å². The van der Waals surface area contributed by atoms with Gasteiger partial charge in [0.15, 0.2) is 5.76 Å². The molecule has 3 rings (SSSR count). The number of carbonyl (C=O) groups excluding carboxylic acids is 1. The fourth-order valence-electron chi connectivity index (χ4n) is 2.74. The highest BCUT2D eigenvalue weighted by Crippen LogP contribution is 2.21. The van der Waals surface area contributed by atoms with Crippen LogP contribution in [0.25, 0.3) is 11.3 Å². The van der Waals surface area contributed by atoms with E-state index in [4.69, 9.17) is 9.15 Å². The van der Waals surface area contributed by atoms with Crippen molar-refractivity contribution in [3.8, 4) is 11.3 Å². The predicted molar refractivity (Wildman–Crippen MR) is 95.0 cm³/mol. The molecule has 0 unspecified atom stereocenters. The van der Waals surface area contributed by atoms with E-state index in [-0.39, 0.29) is 11.9 Å². The summed E-state index contributed by atoms with van der Waals surface area (Å²) in [6.45, 7) is 8.85. The first kappa shape index (κ1) is 18.4. The molecule has 1 aliphatic rings. The van der Waals surface area contributed by atoms with E-state index in [1.54, 1.807) is 23.2 Å². The van der Waals surface area contributed by atoms with E-state index in [9.17, 15) is 9.18 Å². The van der Waals surface area contributed by atoms with Gasteiger partial charge in [0.2, 0.25) is 5.89 Å². The smallest absolute Gasteiger partial charge is 0.410 e. The lowest BCUT2D eigenvalue weighted by Gasteiger charge is -2.35. The molecule has 1 amide bonds. The Hall–Kier alpha value is -2.41. The molecule has 0 spiro atoms. The molecule has 0 N–H and O–H groups in total. The summed E-state index contributed by atoms with van der Waals surface area (Å²) in [5.74, 6) is 0.943. The number of carbonyl (C=O) groups is 1. The summed E-state index contributed by atoms with van der Waals surface area (Å²) in [4.78, 5) is 20.3. The summed E-state index contributed by atoms with van der Waals surface area (Å²) >= 11 is 0. The van der Waals surface area contributed by atoms with Crippen molar-refractivity contribution in [2.24, 2.45) is 0 Å². The van der Waals surface area contributed by atoms with Crippen LogP contribution in [0.3, 0.4) is 0 Å². The number of amides is 1. The third-order valence-electron chi connectivity index (χ3n) is 4.07. The molecule has 0 atom stereocenters. The highest BCUT2D eigenvalue weighted by molar-refractivity contribution is 5.68. The van der Waals surface area contributed by atoms with Crippen LogP contribution in [0, 0.1) is 5.82 Å². The minimum absolute atomic E-state index is 0.271. The van der Waals surface area contributed by atoms with Gasteiger partial charge in [0.1, 0.15) is 11.4 Å². The second kappa shape index (κ2) is 7.45. The molecule has 0 saturated carbocycles. The van der Waals surface area contributed by atoms with E-state index >= 15 is 0 Å². The highest BCUT2D eigenvalue weighted by atomic mass is 19.1. The summed E-state index contributed by atoms with van der Waals surface area (Å²) in [5, 5.41) is 0. The van der Waals surface area contributed by atoms with Gasteiger partial charge in [-0.05, 0) is 45.0 Å². The van der Waals surface area contributed by atoms with Crippen molar-refractivity contribution >= 4 is 6.09 Å². The average molecular weight is 361 g/mol. The normalized spacial score (nSPS) is 15.9. The monoisotopic (exact) mass is 361 g/mol. The van der Waals surface area contributed by atoms with E-state index in [1.807, 2.05) is 20.8 Å². The summed E-state index contributed by atoms with van der Waals surface area (Å²) in [6, 6.07) is 6.12. The topological polar surface area (TPSA) is 58.8 Å². The van der Waals surface area contributed by atoms with E-state index < -0.39 is 5.60 Å². The van der Waals surface area contributed by atoms with Gasteiger partial charge in [0.25, 0.3) is 0 Å². The molecule has 1 aromatic heterocycles. The molecular formula is C19H24FN3O3. The van der Waals surface area contributed by atoms with Gasteiger partial charge in [-0.1, -0.05) is 0 Å². The third kappa shape index (κ3) is 4.82. The minimum Gasteiger partial charge on any atom is -0.444 e. The Labute approximate surface area is 152 Å². The number of rotatable bonds is 3. The number of oxazole rings is 1. The highest BCUT2D eigenvalue weighted by Gasteiger charge is 2.26. The summed E-state index contributed by atoms with van der Waals surface area (Å²) < 4.78 is 24.2. The van der Waals surface area contributed by atoms with E-state index in [2.05, 4.69) is 9.88 Å². The third-order valence-corrected chi connectivity index (χ3v) is 4.07. The molecule has 2 heterocycles. The lowest BCUT2D eigenvalue weighted by molar-refractivity contribution is 0.0133. The molecule has 2 aromatic rings. The van der Waals surface area contributed by atoms with Gasteiger partial charge in [0, 0.05) is 31.7 Å². The standard InChI is InChI=1S/C19H24FN3O3/c1-19(2,3)26-18(24)23-10-8-22(9-11-23)13-17-21-12-16(25-17)14-4-6-15(20)7-5-14/h4-7,12H,8-11,13H2,1-3H3. The van der Waals surface area contributed by atoms with Gasteiger partial charge >= 0.3 is 6.09 Å². The molecule has 140 valence electrons. The Bertz CT molecular complexity index is 744. The van der Waals surface area contributed by atoms with Crippen LogP contribution in [0.1, 0.15) is 26.7 Å². The van der Waals surface area contributed by atoms with Gasteiger partial charge < -0.3 is 14.1 Å². The van der Waals surface area contributed by atoms with Crippen LogP contribution in [0.15, 0.2) is 34.9 Å². The zero-order valence-corrected chi connectivity index (χ0v) is 15.4. The number of halogens is 1. The van der Waals surface area contributed by atoms with Crippen LogP contribution in [-0.4, -0.2) is 52.7 Å². The molecule has 0 bridgehead atoms. The summed E-state index contributed by atoms with van der Waals surface area (Å²) in [6.07, 6.45) is 1.38. The van der Waals surface area contributed by atoms with E-state index in [1.165, 1.54) is 12.1 Å². The second-order valence-corrected chi connectivity index (χ2v) is 7.37. The Morgan fingerprint density at radius 2 is 1.85 bits per heavy atom. The minimum atomic E-state index is -0.483. The first-order valence-corrected chi connectivity index (χ1v) is 8.71. The molecule has 0 radical (unpaired) electrons. The molecule has 26 heavy (non-hydrogen) atoms. The maximum Gasteiger partial charge on any atom is 0.410 e. The van der Waals surface area contributed by atoms with Gasteiger partial charge in [-0.25, -0.2) is 14.2 Å². The maximum absolute atomic E-state index is 13.0. The number of benzene rings is 1. The largest absolute Gasteiger partial charge is 0.444 e. The molecule has 6 nitrogen and oxygen atoms in total. The van der Waals surface area contributed by atoms with Crippen molar-refractivity contribution in [1.82, 2.24) is 14.8 Å². The Kier molecular flexibility index (Phi) is 5.27. The molecule has 7 heteroatoms. The number of piperazine rings is 1. The van der Waals surface area contributed by atoms with Crippen LogP contribution in [0.5, 0.6) is 0 Å². The SMILES string of the molecule is CC(C)(C)OC(=O)N1CCN(Cc2ncc(-c3ccc(F)cc3)o2)CC1. The van der Waals surface area contributed by atoms with Crippen LogP contribution in [0.4, 0.5) is 9.18 Å². The number of aromatic nitrogens is 1. The Morgan fingerprint density at radius 3 is 2.46 bits per heavy atom. The van der Waals surface area contributed by atoms with Crippen LogP contribution >= 0.6 is 0 Å². The Balaban J connectivity index is 1.52. The van der Waals surface area contributed by atoms with Crippen LogP contribution in [0.2, 0.25) is 0 Å². The van der Waals surface area contributed by atoms with Crippen molar-refractivity contribution in [3.63, 3.8) is 0 Å². The van der Waals surface area contributed by atoms with Crippen molar-refractivity contribution < 1.29 is 18.3 Å². The van der Waals surface area contributed by atoms with Crippen molar-refractivity contribution in [3.05, 3.63) is 42.2 Å². The first-order chi connectivity index (χ1) is 12.3. The van der Waals surface area contributed by atoms with Gasteiger partial charge in [-0.3, -0.25) is 4.90 Å². The zero-order valence-electron chi connectivity index (χ0n) is 15.4. The molecule has 1 saturated heterocycles. The van der Waals surface area contributed by atoms with Gasteiger partial charge in [0.05, 0.1) is 12.7 Å². The van der Waals surface area contributed by atoms with Crippen molar-refractivity contribution in [1.29, 1.82) is 0 Å². The van der Waals surface area contributed by atoms with Crippen LogP contribution < -0.4 is 0 Å². The lowest BCUT2D eigenvalue weighted by Crippen LogP contribution is -2.49. The first-order valence-electron chi connectivity index (χ1n) is 8.71. The molecule has 1 fully saturated rings. The average Bonchev–Trinajstić information content (AvgIpc) is 3.03. The quantitative estimate of drug-likeness (QED) is 0.837. The number of nitrogens with zero attached hydrogens (tertiary/aromatic N) is 3. The molecule has 1 aliphatic heterocycles. The molecule has 0 aliphatic carbocycles. The number of hydrogen-bond acceptors (Lipinski definition) is 5. The van der Waals surface area contributed by atoms with E-state index in [0.29, 0.717) is 31.3 Å². The number of ether oxygens (including phenoxy) is 1. The zero-order chi connectivity index (χ0) is 18.7. The van der Waals surface area contributed by atoms with Gasteiger partial charge in [-0.2, -0.15) is 0 Å². The molecule has 1 aromatic carbocycles. The van der Waals surface area contributed by atoms with Crippen LogP contribution in [-0.2, 0) is 11.3 Å². The molecular weight excluding hydrogens is 337 g/mol. The number of hydrogen-bond donors (Lipinski definition) is 0. The lowest BCUT2D eigenvalue weighted by atomic mass is 10.2. The Morgan fingerprint density at radius 1 is 1.19 bits per heavy atom. The fourth-order valence-corrected chi connectivity index (χ4v) is 2.74. The fraction of sp³-hybridized carbons (Fsp3) is 0.474.